The van der Waals surface area contributed by atoms with Crippen LogP contribution < -0.4 is 14.8 Å². The molecule has 3 aromatic rings. The Hall–Kier alpha value is -4.02. The highest BCUT2D eigenvalue weighted by Crippen LogP contribution is 2.42. The largest absolute Gasteiger partial charge is 0.507 e. The molecule has 1 amide bonds. The van der Waals surface area contributed by atoms with E-state index in [1.54, 1.807) is 43.5 Å². The number of hydrogen-bond donors (Lipinski definition) is 2. The van der Waals surface area contributed by atoms with Gasteiger partial charge in [-0.05, 0) is 66.6 Å². The molecule has 10 heteroatoms. The quantitative estimate of drug-likeness (QED) is 0.326. The number of rotatable bonds is 5. The van der Waals surface area contributed by atoms with Crippen molar-refractivity contribution >= 4 is 33.2 Å². The standard InChI is InChI=1S/C24H21N3O6S/c1-14-12-15(5-10-19(14)33-2)22(28)20-21(16-4-3-11-26-13-16)27(24(30)23(20)29)17-6-8-18(9-7-17)34(25,31)32/h3-13,21,28H,1-2H3,(H2,25,31,32)/b22-20+. The molecule has 174 valence electrons. The second-order valence-corrected chi connectivity index (χ2v) is 9.24. The van der Waals surface area contributed by atoms with Gasteiger partial charge in [-0.2, -0.15) is 0 Å². The fraction of sp³-hybridized carbons (Fsp3) is 0.125. The molecular weight excluding hydrogens is 458 g/mol. The molecule has 0 radical (unpaired) electrons. The van der Waals surface area contributed by atoms with Crippen LogP contribution in [-0.4, -0.2) is 37.3 Å². The average Bonchev–Trinajstić information content (AvgIpc) is 3.09. The van der Waals surface area contributed by atoms with Crippen LogP contribution in [0.25, 0.3) is 5.76 Å². The van der Waals surface area contributed by atoms with Crippen LogP contribution in [0.5, 0.6) is 5.75 Å². The number of amides is 1. The molecule has 1 aliphatic rings. The zero-order valence-electron chi connectivity index (χ0n) is 18.3. The summed E-state index contributed by atoms with van der Waals surface area (Å²) in [6.45, 7) is 1.79. The number of anilines is 1. The molecule has 1 fully saturated rings. The van der Waals surface area contributed by atoms with Gasteiger partial charge < -0.3 is 9.84 Å². The van der Waals surface area contributed by atoms with E-state index < -0.39 is 27.8 Å². The molecule has 2 aromatic carbocycles. The second kappa shape index (κ2) is 8.73. The van der Waals surface area contributed by atoms with Gasteiger partial charge in [0.25, 0.3) is 11.7 Å². The summed E-state index contributed by atoms with van der Waals surface area (Å²) in [4.78, 5) is 31.4. The van der Waals surface area contributed by atoms with E-state index in [1.165, 1.54) is 42.5 Å². The normalized spacial score (nSPS) is 17.7. The molecule has 1 saturated heterocycles. The zero-order chi connectivity index (χ0) is 24.6. The third kappa shape index (κ3) is 4.04. The average molecular weight is 480 g/mol. The van der Waals surface area contributed by atoms with Crippen molar-refractivity contribution in [3.8, 4) is 5.75 Å². The maximum Gasteiger partial charge on any atom is 0.300 e. The molecule has 0 saturated carbocycles. The Morgan fingerprint density at radius 2 is 1.82 bits per heavy atom. The van der Waals surface area contributed by atoms with Gasteiger partial charge in [-0.1, -0.05) is 6.07 Å². The first kappa shape index (κ1) is 23.1. The van der Waals surface area contributed by atoms with Crippen LogP contribution in [0.1, 0.15) is 22.7 Å². The molecular formula is C24H21N3O6S. The van der Waals surface area contributed by atoms with E-state index in [0.29, 0.717) is 16.9 Å². The van der Waals surface area contributed by atoms with Gasteiger partial charge in [-0.3, -0.25) is 19.5 Å². The highest BCUT2D eigenvalue weighted by molar-refractivity contribution is 7.89. The molecule has 3 N–H and O–H groups in total. The smallest absolute Gasteiger partial charge is 0.300 e. The van der Waals surface area contributed by atoms with Gasteiger partial charge in [0.1, 0.15) is 11.5 Å². The van der Waals surface area contributed by atoms with Crippen LogP contribution in [0.2, 0.25) is 0 Å². The van der Waals surface area contributed by atoms with E-state index in [1.807, 2.05) is 0 Å². The summed E-state index contributed by atoms with van der Waals surface area (Å²) in [6, 6.07) is 12.5. The van der Waals surface area contributed by atoms with Gasteiger partial charge in [-0.25, -0.2) is 13.6 Å². The number of carbonyl (C=O) groups is 2. The van der Waals surface area contributed by atoms with E-state index in [0.717, 1.165) is 5.56 Å². The monoisotopic (exact) mass is 479 g/mol. The summed E-state index contributed by atoms with van der Waals surface area (Å²) < 4.78 is 28.5. The molecule has 9 nitrogen and oxygen atoms in total. The van der Waals surface area contributed by atoms with Crippen LogP contribution in [0.3, 0.4) is 0 Å². The van der Waals surface area contributed by atoms with E-state index in [-0.39, 0.29) is 21.9 Å². The molecule has 34 heavy (non-hydrogen) atoms. The zero-order valence-corrected chi connectivity index (χ0v) is 19.1. The van der Waals surface area contributed by atoms with Gasteiger partial charge in [0.05, 0.1) is 23.6 Å². The first-order valence-electron chi connectivity index (χ1n) is 10.1. The Morgan fingerprint density at radius 1 is 1.12 bits per heavy atom. The lowest BCUT2D eigenvalue weighted by atomic mass is 9.95. The van der Waals surface area contributed by atoms with Crippen molar-refractivity contribution in [1.29, 1.82) is 0 Å². The van der Waals surface area contributed by atoms with Gasteiger partial charge >= 0.3 is 0 Å². The van der Waals surface area contributed by atoms with Crippen LogP contribution in [0.15, 0.2) is 77.5 Å². The van der Waals surface area contributed by atoms with Crippen LogP contribution in [0, 0.1) is 6.92 Å². The van der Waals surface area contributed by atoms with E-state index in [4.69, 9.17) is 9.88 Å². The maximum absolute atomic E-state index is 13.2. The van der Waals surface area contributed by atoms with E-state index >= 15 is 0 Å². The Balaban J connectivity index is 1.90. The molecule has 1 aliphatic heterocycles. The van der Waals surface area contributed by atoms with Crippen molar-refractivity contribution in [3.63, 3.8) is 0 Å². The van der Waals surface area contributed by atoms with Gasteiger partial charge in [0, 0.05) is 23.6 Å². The summed E-state index contributed by atoms with van der Waals surface area (Å²) in [6.07, 6.45) is 3.04. The molecule has 0 aliphatic carbocycles. The molecule has 1 unspecified atom stereocenters. The van der Waals surface area contributed by atoms with Gasteiger partial charge in [0.2, 0.25) is 10.0 Å². The van der Waals surface area contributed by atoms with Crippen molar-refractivity contribution < 1.29 is 27.9 Å². The predicted molar refractivity (Wildman–Crippen MR) is 125 cm³/mol. The van der Waals surface area contributed by atoms with Crippen molar-refractivity contribution in [2.45, 2.75) is 17.9 Å². The number of methoxy groups -OCH3 is 1. The second-order valence-electron chi connectivity index (χ2n) is 7.68. The number of Topliss-reactive ketones (excluding diaryl/α,β-unsaturated/α-hetero) is 1. The lowest BCUT2D eigenvalue weighted by molar-refractivity contribution is -0.132. The Labute approximate surface area is 196 Å². The molecule has 1 atom stereocenters. The van der Waals surface area contributed by atoms with Gasteiger partial charge in [0.15, 0.2) is 0 Å². The number of aliphatic hydroxyl groups is 1. The van der Waals surface area contributed by atoms with Crippen molar-refractivity contribution in [2.75, 3.05) is 12.0 Å². The van der Waals surface area contributed by atoms with E-state index in [9.17, 15) is 23.1 Å². The molecule has 1 aromatic heterocycles. The number of hydrogen-bond acceptors (Lipinski definition) is 7. The number of pyridine rings is 1. The topological polar surface area (TPSA) is 140 Å². The minimum Gasteiger partial charge on any atom is -0.507 e. The number of carbonyl (C=O) groups excluding carboxylic acids is 2. The number of aromatic nitrogens is 1. The van der Waals surface area contributed by atoms with Crippen molar-refractivity contribution in [2.24, 2.45) is 5.14 Å². The minimum absolute atomic E-state index is 0.113. The number of aryl methyl sites for hydroxylation is 1. The number of sulfonamides is 1. The number of nitrogens with two attached hydrogens (primary N) is 1. The maximum atomic E-state index is 13.2. The number of benzene rings is 2. The van der Waals surface area contributed by atoms with Crippen molar-refractivity contribution in [1.82, 2.24) is 4.98 Å². The Kier molecular flexibility index (Phi) is 5.94. The minimum atomic E-state index is -3.94. The first-order chi connectivity index (χ1) is 16.1. The summed E-state index contributed by atoms with van der Waals surface area (Å²) in [5.41, 5.74) is 1.71. The Bertz CT molecular complexity index is 1420. The molecule has 2 heterocycles. The third-order valence-corrected chi connectivity index (χ3v) is 6.49. The first-order valence-corrected chi connectivity index (χ1v) is 11.7. The van der Waals surface area contributed by atoms with Crippen LogP contribution >= 0.6 is 0 Å². The highest BCUT2D eigenvalue weighted by atomic mass is 32.2. The number of nitrogens with zero attached hydrogens (tertiary/aromatic N) is 2. The third-order valence-electron chi connectivity index (χ3n) is 5.56. The summed E-state index contributed by atoms with van der Waals surface area (Å²) in [5.74, 6) is -1.49. The Morgan fingerprint density at radius 3 is 2.38 bits per heavy atom. The van der Waals surface area contributed by atoms with Crippen molar-refractivity contribution in [3.05, 3.63) is 89.3 Å². The highest BCUT2D eigenvalue weighted by Gasteiger charge is 2.47. The lowest BCUT2D eigenvalue weighted by Crippen LogP contribution is -2.29. The van der Waals surface area contributed by atoms with E-state index in [2.05, 4.69) is 4.98 Å². The fourth-order valence-corrected chi connectivity index (χ4v) is 4.45. The summed E-state index contributed by atoms with van der Waals surface area (Å²) in [7, 11) is -2.42. The van der Waals surface area contributed by atoms with Crippen LogP contribution in [0.4, 0.5) is 5.69 Å². The number of primary sulfonamides is 1. The SMILES string of the molecule is COc1ccc(/C(O)=C2\C(=O)C(=O)N(c3ccc(S(N)(=O)=O)cc3)C2c2cccnc2)cc1C. The molecule has 0 bridgehead atoms. The summed E-state index contributed by atoms with van der Waals surface area (Å²) in [5, 5.41) is 16.3. The fourth-order valence-electron chi connectivity index (χ4n) is 3.93. The predicted octanol–water partition coefficient (Wildman–Crippen LogP) is 2.67. The number of ether oxygens (including phenoxy) is 1. The number of ketones is 1. The van der Waals surface area contributed by atoms with Crippen LogP contribution in [-0.2, 0) is 19.6 Å². The van der Waals surface area contributed by atoms with Gasteiger partial charge in [-0.15, -0.1) is 0 Å². The molecule has 4 rings (SSSR count). The number of aliphatic hydroxyl groups excluding tert-OH is 1. The molecule has 0 spiro atoms. The lowest BCUT2D eigenvalue weighted by Gasteiger charge is -2.25. The summed E-state index contributed by atoms with van der Waals surface area (Å²) >= 11 is 0.